The van der Waals surface area contributed by atoms with E-state index in [2.05, 4.69) is 70.2 Å². The number of hydrogen-bond donors (Lipinski definition) is 0. The average Bonchev–Trinajstić information content (AvgIpc) is 3.18. The number of aromatic nitrogens is 3. The van der Waals surface area contributed by atoms with Gasteiger partial charge in [-0.1, -0.05) is 41.9 Å². The van der Waals surface area contributed by atoms with E-state index in [1.807, 2.05) is 18.2 Å². The Morgan fingerprint density at radius 2 is 1.75 bits per heavy atom. The first-order valence-electron chi connectivity index (χ1n) is 9.07. The highest BCUT2D eigenvalue weighted by Gasteiger charge is 2.09. The minimum absolute atomic E-state index is 0.406. The quantitative estimate of drug-likeness (QED) is 0.370. The van der Waals surface area contributed by atoms with Gasteiger partial charge in [0.05, 0.1) is 6.21 Å². The Labute approximate surface area is 173 Å². The van der Waals surface area contributed by atoms with Gasteiger partial charge in [0.25, 0.3) is 0 Å². The number of benzene rings is 2. The van der Waals surface area contributed by atoms with Crippen molar-refractivity contribution in [1.29, 1.82) is 0 Å². The fourth-order valence-electron chi connectivity index (χ4n) is 2.68. The first-order valence-corrected chi connectivity index (χ1v) is 9.87. The Morgan fingerprint density at radius 3 is 2.46 bits per heavy atom. The summed E-state index contributed by atoms with van der Waals surface area (Å²) in [6, 6.07) is 12.1. The van der Waals surface area contributed by atoms with Crippen LogP contribution in [0.3, 0.4) is 0 Å². The van der Waals surface area contributed by atoms with Crippen LogP contribution in [-0.4, -0.2) is 34.3 Å². The van der Waals surface area contributed by atoms with Crippen LogP contribution in [0.1, 0.15) is 36.5 Å². The molecule has 2 aromatic carbocycles. The summed E-state index contributed by atoms with van der Waals surface area (Å²) < 4.78 is 14.4. The lowest BCUT2D eigenvalue weighted by Crippen LogP contribution is -2.11. The van der Waals surface area contributed by atoms with Gasteiger partial charge in [0.15, 0.2) is 0 Å². The van der Waals surface area contributed by atoms with Gasteiger partial charge < -0.3 is 9.47 Å². The Bertz CT molecular complexity index is 940. The van der Waals surface area contributed by atoms with E-state index in [1.54, 1.807) is 6.21 Å². The third kappa shape index (κ3) is 5.42. The zero-order valence-corrected chi connectivity index (χ0v) is 17.8. The SMILES string of the molecule is Cc1ccc(C(C)C)c(OCCOc2ccc(Br)cc2/C=N/n2cnnc2)c1. The lowest BCUT2D eigenvalue weighted by atomic mass is 10.0. The molecule has 28 heavy (non-hydrogen) atoms. The van der Waals surface area contributed by atoms with Crippen LogP contribution in [0.2, 0.25) is 0 Å². The Balaban J connectivity index is 1.63. The average molecular weight is 443 g/mol. The van der Waals surface area contributed by atoms with E-state index < -0.39 is 0 Å². The molecule has 0 spiro atoms. The summed E-state index contributed by atoms with van der Waals surface area (Å²) in [6.45, 7) is 7.28. The monoisotopic (exact) mass is 442 g/mol. The van der Waals surface area contributed by atoms with Gasteiger partial charge in [0, 0.05) is 10.0 Å². The molecule has 0 N–H and O–H groups in total. The standard InChI is InChI=1S/C21H23BrN4O2/c1-15(2)19-6-4-16(3)10-21(19)28-9-8-27-20-7-5-18(22)11-17(20)12-25-26-13-23-24-14-26/h4-7,10-15H,8-9H2,1-3H3/b25-12+. The lowest BCUT2D eigenvalue weighted by molar-refractivity contribution is 0.215. The largest absolute Gasteiger partial charge is 0.490 e. The summed E-state index contributed by atoms with van der Waals surface area (Å²) in [4.78, 5) is 0. The van der Waals surface area contributed by atoms with Crippen molar-refractivity contribution in [2.24, 2.45) is 5.10 Å². The summed E-state index contributed by atoms with van der Waals surface area (Å²) in [5, 5.41) is 11.8. The molecule has 0 aliphatic rings. The van der Waals surface area contributed by atoms with Crippen molar-refractivity contribution in [3.63, 3.8) is 0 Å². The van der Waals surface area contributed by atoms with Crippen LogP contribution < -0.4 is 9.47 Å². The summed E-state index contributed by atoms with van der Waals surface area (Å²) in [5.74, 6) is 2.06. The van der Waals surface area contributed by atoms with Crippen molar-refractivity contribution < 1.29 is 9.47 Å². The molecule has 3 aromatic rings. The molecule has 0 aliphatic carbocycles. The van der Waals surface area contributed by atoms with E-state index in [0.717, 1.165) is 21.5 Å². The smallest absolute Gasteiger partial charge is 0.141 e. The van der Waals surface area contributed by atoms with Gasteiger partial charge in [-0.15, -0.1) is 10.2 Å². The number of aryl methyl sites for hydroxylation is 1. The molecule has 0 aliphatic heterocycles. The molecule has 0 radical (unpaired) electrons. The van der Waals surface area contributed by atoms with Crippen LogP contribution in [0.4, 0.5) is 0 Å². The molecule has 1 heterocycles. The molecule has 6 nitrogen and oxygen atoms in total. The van der Waals surface area contributed by atoms with Gasteiger partial charge in [-0.25, -0.2) is 4.68 Å². The number of halogens is 1. The maximum atomic E-state index is 5.99. The van der Waals surface area contributed by atoms with Crippen LogP contribution in [0.15, 0.2) is 58.6 Å². The molecule has 0 fully saturated rings. The molecular formula is C21H23BrN4O2. The van der Waals surface area contributed by atoms with Gasteiger partial charge in [0.2, 0.25) is 0 Å². The molecule has 0 unspecified atom stereocenters. The van der Waals surface area contributed by atoms with Crippen LogP contribution in [0, 0.1) is 6.92 Å². The van der Waals surface area contributed by atoms with Gasteiger partial charge in [-0.3, -0.25) is 0 Å². The Hall–Kier alpha value is -2.67. The van der Waals surface area contributed by atoms with Crippen molar-refractivity contribution >= 4 is 22.1 Å². The maximum absolute atomic E-state index is 5.99. The van der Waals surface area contributed by atoms with Crippen LogP contribution in [0.5, 0.6) is 11.5 Å². The third-order valence-electron chi connectivity index (χ3n) is 4.10. The number of rotatable bonds is 8. The van der Waals surface area contributed by atoms with Crippen molar-refractivity contribution in [3.8, 4) is 11.5 Å². The third-order valence-corrected chi connectivity index (χ3v) is 4.59. The summed E-state index contributed by atoms with van der Waals surface area (Å²) in [6.07, 6.45) is 4.76. The highest BCUT2D eigenvalue weighted by Crippen LogP contribution is 2.27. The highest BCUT2D eigenvalue weighted by molar-refractivity contribution is 9.10. The van der Waals surface area contributed by atoms with Crippen molar-refractivity contribution in [2.45, 2.75) is 26.7 Å². The fourth-order valence-corrected chi connectivity index (χ4v) is 3.06. The van der Waals surface area contributed by atoms with Crippen LogP contribution in [-0.2, 0) is 0 Å². The second-order valence-corrected chi connectivity index (χ2v) is 7.58. The molecule has 7 heteroatoms. The number of hydrogen-bond acceptors (Lipinski definition) is 5. The molecular weight excluding hydrogens is 420 g/mol. The Kier molecular flexibility index (Phi) is 6.81. The van der Waals surface area contributed by atoms with E-state index >= 15 is 0 Å². The number of ether oxygens (including phenoxy) is 2. The van der Waals surface area contributed by atoms with Gasteiger partial charge in [0.1, 0.15) is 37.4 Å². The van der Waals surface area contributed by atoms with Gasteiger partial charge in [-0.05, 0) is 48.2 Å². The van der Waals surface area contributed by atoms with Gasteiger partial charge in [-0.2, -0.15) is 5.10 Å². The van der Waals surface area contributed by atoms with Crippen molar-refractivity contribution in [2.75, 3.05) is 13.2 Å². The van der Waals surface area contributed by atoms with E-state index in [0.29, 0.717) is 19.1 Å². The number of nitrogens with zero attached hydrogens (tertiary/aromatic N) is 4. The zero-order chi connectivity index (χ0) is 19.9. The minimum atomic E-state index is 0.406. The lowest BCUT2D eigenvalue weighted by Gasteiger charge is -2.15. The molecule has 0 bridgehead atoms. The molecule has 0 atom stereocenters. The first kappa shape index (κ1) is 20.1. The molecule has 1 aromatic heterocycles. The van der Waals surface area contributed by atoms with Crippen LogP contribution in [0.25, 0.3) is 0 Å². The Morgan fingerprint density at radius 1 is 1.04 bits per heavy atom. The predicted molar refractivity (Wildman–Crippen MR) is 113 cm³/mol. The summed E-state index contributed by atoms with van der Waals surface area (Å²) >= 11 is 3.48. The predicted octanol–water partition coefficient (Wildman–Crippen LogP) is 4.81. The second-order valence-electron chi connectivity index (χ2n) is 6.66. The normalized spacial score (nSPS) is 11.3. The second kappa shape index (κ2) is 9.50. The summed E-state index contributed by atoms with van der Waals surface area (Å²) in [5.41, 5.74) is 3.23. The zero-order valence-electron chi connectivity index (χ0n) is 16.2. The van der Waals surface area contributed by atoms with Crippen molar-refractivity contribution in [1.82, 2.24) is 14.9 Å². The maximum Gasteiger partial charge on any atom is 0.141 e. The fraction of sp³-hybridized carbons (Fsp3) is 0.286. The molecule has 0 saturated carbocycles. The highest BCUT2D eigenvalue weighted by atomic mass is 79.9. The molecule has 0 amide bonds. The van der Waals surface area contributed by atoms with E-state index in [1.165, 1.54) is 28.5 Å². The van der Waals surface area contributed by atoms with E-state index in [9.17, 15) is 0 Å². The topological polar surface area (TPSA) is 61.5 Å². The summed E-state index contributed by atoms with van der Waals surface area (Å²) in [7, 11) is 0. The van der Waals surface area contributed by atoms with Crippen molar-refractivity contribution in [3.05, 3.63) is 70.2 Å². The van der Waals surface area contributed by atoms with Crippen LogP contribution >= 0.6 is 15.9 Å². The molecule has 3 rings (SSSR count). The minimum Gasteiger partial charge on any atom is -0.490 e. The van der Waals surface area contributed by atoms with E-state index in [4.69, 9.17) is 9.47 Å². The van der Waals surface area contributed by atoms with Gasteiger partial charge >= 0.3 is 0 Å². The molecule has 0 saturated heterocycles. The first-order chi connectivity index (χ1) is 13.5. The van der Waals surface area contributed by atoms with E-state index in [-0.39, 0.29) is 0 Å². The molecule has 146 valence electrons.